The molecule has 1 fully saturated rings. The number of piperidine rings is 1. The summed E-state index contributed by atoms with van der Waals surface area (Å²) in [6.45, 7) is 3.60. The van der Waals surface area contributed by atoms with E-state index < -0.39 is 0 Å². The molecule has 0 aromatic carbocycles. The van der Waals surface area contributed by atoms with Crippen LogP contribution in [0.4, 0.5) is 5.82 Å². The lowest BCUT2D eigenvalue weighted by Gasteiger charge is -2.33. The van der Waals surface area contributed by atoms with Crippen molar-refractivity contribution in [2.75, 3.05) is 25.1 Å². The van der Waals surface area contributed by atoms with Crippen molar-refractivity contribution in [3.05, 3.63) is 40.6 Å². The Bertz CT molecular complexity index is 957. The van der Waals surface area contributed by atoms with Crippen molar-refractivity contribution >= 4 is 11.6 Å². The Labute approximate surface area is 149 Å². The molecule has 26 heavy (non-hydrogen) atoms. The van der Waals surface area contributed by atoms with Crippen LogP contribution in [0.15, 0.2) is 29.3 Å². The summed E-state index contributed by atoms with van der Waals surface area (Å²) in [7, 11) is 1.59. The monoisotopic (exact) mass is 356 g/mol. The molecular weight excluding hydrogens is 336 g/mol. The second-order valence-electron chi connectivity index (χ2n) is 6.29. The molecule has 0 amide bonds. The topological polar surface area (TPSA) is 97.6 Å². The normalized spacial score (nSPS) is 15.4. The quantitative estimate of drug-likeness (QED) is 0.749. The van der Waals surface area contributed by atoms with Crippen LogP contribution in [0.2, 0.25) is 0 Å². The Balaban J connectivity index is 1.43. The first-order chi connectivity index (χ1) is 12.6. The van der Waals surface area contributed by atoms with E-state index in [0.29, 0.717) is 11.7 Å². The van der Waals surface area contributed by atoms with Crippen LogP contribution in [-0.2, 0) is 0 Å². The standard InChI is InChI=1S/C17H20N6O3/c1-11-10-23-16(20-21-17(23)24)19-15(11)22-7-5-12(6-8-22)26-13-3-4-14(25-2)18-9-13/h3-4,9-10,12H,5-8H2,1-2H3,(H,21,24). The predicted molar refractivity (Wildman–Crippen MR) is 95.0 cm³/mol. The number of nitrogens with one attached hydrogen (secondary N) is 1. The summed E-state index contributed by atoms with van der Waals surface area (Å²) in [6, 6.07) is 3.66. The molecule has 1 N–H and O–H groups in total. The van der Waals surface area contributed by atoms with Gasteiger partial charge in [-0.05, 0) is 13.0 Å². The number of aromatic nitrogens is 5. The van der Waals surface area contributed by atoms with Crippen LogP contribution in [0.3, 0.4) is 0 Å². The van der Waals surface area contributed by atoms with Crippen LogP contribution in [0.25, 0.3) is 5.78 Å². The van der Waals surface area contributed by atoms with Crippen molar-refractivity contribution < 1.29 is 9.47 Å². The van der Waals surface area contributed by atoms with E-state index in [4.69, 9.17) is 9.47 Å². The second-order valence-corrected chi connectivity index (χ2v) is 6.29. The second kappa shape index (κ2) is 6.66. The highest BCUT2D eigenvalue weighted by Gasteiger charge is 2.23. The average molecular weight is 356 g/mol. The molecule has 3 aromatic rings. The number of hydrogen-bond donors (Lipinski definition) is 1. The summed E-state index contributed by atoms with van der Waals surface area (Å²) in [4.78, 5) is 22.5. The number of H-pyrrole nitrogens is 1. The number of methoxy groups -OCH3 is 1. The maximum Gasteiger partial charge on any atom is 0.348 e. The molecule has 4 heterocycles. The lowest BCUT2D eigenvalue weighted by atomic mass is 10.1. The summed E-state index contributed by atoms with van der Waals surface area (Å²) < 4.78 is 12.5. The fourth-order valence-electron chi connectivity index (χ4n) is 3.18. The van der Waals surface area contributed by atoms with Gasteiger partial charge in [-0.1, -0.05) is 0 Å². The molecule has 136 valence electrons. The van der Waals surface area contributed by atoms with Gasteiger partial charge in [0.2, 0.25) is 5.88 Å². The number of fused-ring (bicyclic) bond motifs is 1. The van der Waals surface area contributed by atoms with Gasteiger partial charge < -0.3 is 14.4 Å². The zero-order valence-corrected chi connectivity index (χ0v) is 14.7. The molecule has 0 saturated carbocycles. The van der Waals surface area contributed by atoms with E-state index >= 15 is 0 Å². The van der Waals surface area contributed by atoms with Gasteiger partial charge in [0.15, 0.2) is 0 Å². The number of anilines is 1. The Kier molecular flexibility index (Phi) is 4.19. The molecule has 0 spiro atoms. The van der Waals surface area contributed by atoms with Crippen LogP contribution in [0.5, 0.6) is 11.6 Å². The summed E-state index contributed by atoms with van der Waals surface area (Å²) in [5, 5.41) is 6.36. The largest absolute Gasteiger partial charge is 0.489 e. The zero-order chi connectivity index (χ0) is 18.1. The van der Waals surface area contributed by atoms with Crippen molar-refractivity contribution in [2.24, 2.45) is 0 Å². The van der Waals surface area contributed by atoms with E-state index in [1.165, 1.54) is 4.40 Å². The molecular formula is C17H20N6O3. The smallest absolute Gasteiger partial charge is 0.348 e. The van der Waals surface area contributed by atoms with Gasteiger partial charge in [0.25, 0.3) is 5.78 Å². The SMILES string of the molecule is COc1ccc(OC2CCN(c3nc4n[nH]c(=O)n4cc3C)CC2)cn1. The highest BCUT2D eigenvalue weighted by atomic mass is 16.5. The van der Waals surface area contributed by atoms with Crippen molar-refractivity contribution in [1.82, 2.24) is 24.6 Å². The fourth-order valence-corrected chi connectivity index (χ4v) is 3.18. The van der Waals surface area contributed by atoms with E-state index in [9.17, 15) is 4.79 Å². The predicted octanol–water partition coefficient (Wildman–Crippen LogP) is 1.18. The number of ether oxygens (including phenoxy) is 2. The van der Waals surface area contributed by atoms with Crippen molar-refractivity contribution in [3.8, 4) is 11.6 Å². The van der Waals surface area contributed by atoms with Crippen LogP contribution in [0.1, 0.15) is 18.4 Å². The molecule has 3 aromatic heterocycles. The first-order valence-electron chi connectivity index (χ1n) is 8.50. The first kappa shape index (κ1) is 16.4. The molecule has 0 bridgehead atoms. The highest BCUT2D eigenvalue weighted by Crippen LogP contribution is 2.24. The van der Waals surface area contributed by atoms with Gasteiger partial charge in [0.1, 0.15) is 17.7 Å². The van der Waals surface area contributed by atoms with Crippen LogP contribution >= 0.6 is 0 Å². The van der Waals surface area contributed by atoms with E-state index in [1.807, 2.05) is 13.0 Å². The van der Waals surface area contributed by atoms with Gasteiger partial charge in [0.05, 0.1) is 13.3 Å². The molecule has 0 unspecified atom stereocenters. The van der Waals surface area contributed by atoms with E-state index in [2.05, 4.69) is 25.1 Å². The summed E-state index contributed by atoms with van der Waals surface area (Å²) in [6.07, 6.45) is 5.35. The Hall–Kier alpha value is -3.10. The van der Waals surface area contributed by atoms with E-state index in [0.717, 1.165) is 43.1 Å². The number of aromatic amines is 1. The van der Waals surface area contributed by atoms with Gasteiger partial charge in [-0.15, -0.1) is 5.10 Å². The zero-order valence-electron chi connectivity index (χ0n) is 14.7. The minimum absolute atomic E-state index is 0.137. The molecule has 1 aliphatic heterocycles. The Morgan fingerprint density at radius 2 is 2.08 bits per heavy atom. The fraction of sp³-hybridized carbons (Fsp3) is 0.412. The minimum Gasteiger partial charge on any atom is -0.489 e. The maximum absolute atomic E-state index is 11.6. The summed E-state index contributed by atoms with van der Waals surface area (Å²) >= 11 is 0. The van der Waals surface area contributed by atoms with Gasteiger partial charge in [-0.2, -0.15) is 4.98 Å². The Morgan fingerprint density at radius 3 is 2.77 bits per heavy atom. The average Bonchev–Trinajstić information content (AvgIpc) is 3.02. The highest BCUT2D eigenvalue weighted by molar-refractivity contribution is 5.50. The molecule has 0 aliphatic carbocycles. The van der Waals surface area contributed by atoms with Gasteiger partial charge in [-0.25, -0.2) is 19.3 Å². The first-order valence-corrected chi connectivity index (χ1v) is 8.50. The lowest BCUT2D eigenvalue weighted by Crippen LogP contribution is -2.39. The molecule has 0 atom stereocenters. The van der Waals surface area contributed by atoms with Crippen molar-refractivity contribution in [3.63, 3.8) is 0 Å². The van der Waals surface area contributed by atoms with Crippen LogP contribution in [-0.4, -0.2) is 50.9 Å². The number of nitrogens with zero attached hydrogens (tertiary/aromatic N) is 5. The minimum atomic E-state index is -0.276. The van der Waals surface area contributed by atoms with Crippen LogP contribution < -0.4 is 20.1 Å². The van der Waals surface area contributed by atoms with E-state index in [1.54, 1.807) is 25.6 Å². The van der Waals surface area contributed by atoms with Crippen LogP contribution in [0, 0.1) is 6.92 Å². The molecule has 1 aliphatic rings. The third-order valence-corrected chi connectivity index (χ3v) is 4.53. The molecule has 9 nitrogen and oxygen atoms in total. The molecule has 1 saturated heterocycles. The van der Waals surface area contributed by atoms with Gasteiger partial charge in [0, 0.05) is 43.8 Å². The maximum atomic E-state index is 11.6. The van der Waals surface area contributed by atoms with Crippen molar-refractivity contribution in [1.29, 1.82) is 0 Å². The third kappa shape index (κ3) is 3.07. The summed E-state index contributed by atoms with van der Waals surface area (Å²) in [5.74, 6) is 2.57. The lowest BCUT2D eigenvalue weighted by molar-refractivity contribution is 0.170. The number of rotatable bonds is 4. The number of pyridine rings is 1. The molecule has 4 rings (SSSR count). The van der Waals surface area contributed by atoms with Crippen molar-refractivity contribution in [2.45, 2.75) is 25.9 Å². The van der Waals surface area contributed by atoms with Gasteiger partial charge in [-0.3, -0.25) is 0 Å². The third-order valence-electron chi connectivity index (χ3n) is 4.53. The molecule has 9 heteroatoms. The van der Waals surface area contributed by atoms with Gasteiger partial charge >= 0.3 is 5.69 Å². The Morgan fingerprint density at radius 1 is 1.27 bits per heavy atom. The van der Waals surface area contributed by atoms with E-state index in [-0.39, 0.29) is 11.8 Å². The number of aryl methyl sites for hydroxylation is 1. The number of hydrogen-bond acceptors (Lipinski definition) is 7. The summed E-state index contributed by atoms with van der Waals surface area (Å²) in [5.41, 5.74) is 0.669. The molecule has 0 radical (unpaired) electrons.